The molecule has 3 N–H and O–H groups in total. The molecule has 1 aliphatic carbocycles. The Morgan fingerprint density at radius 3 is 2.11 bits per heavy atom. The highest BCUT2D eigenvalue weighted by Crippen LogP contribution is 2.31. The van der Waals surface area contributed by atoms with Crippen LogP contribution in [0.5, 0.6) is 0 Å². The van der Waals surface area contributed by atoms with Crippen molar-refractivity contribution in [2.24, 2.45) is 0 Å². The third-order valence-corrected chi connectivity index (χ3v) is 4.00. The number of nitrogens with one attached hydrogen (secondary N) is 3. The second kappa shape index (κ2) is 7.70. The molecule has 144 valence electrons. The number of nitro benzene ring substituents is 2. The minimum Gasteiger partial charge on any atom is -0.377 e. The van der Waals surface area contributed by atoms with Crippen molar-refractivity contribution in [1.29, 1.82) is 0 Å². The zero-order valence-electron chi connectivity index (χ0n) is 14.4. The van der Waals surface area contributed by atoms with Crippen LogP contribution in [0.25, 0.3) is 0 Å². The van der Waals surface area contributed by atoms with Gasteiger partial charge in [0, 0.05) is 35.4 Å². The number of hydrazine groups is 1. The van der Waals surface area contributed by atoms with Crippen LogP contribution >= 0.6 is 0 Å². The molecule has 3 rings (SSSR count). The van der Waals surface area contributed by atoms with E-state index in [0.717, 1.165) is 25.0 Å². The number of rotatable bonds is 6. The number of nitro groups is 2. The Balaban J connectivity index is 1.68. The van der Waals surface area contributed by atoms with Crippen molar-refractivity contribution in [2.75, 3.05) is 5.32 Å². The summed E-state index contributed by atoms with van der Waals surface area (Å²) in [4.78, 5) is 45.0. The summed E-state index contributed by atoms with van der Waals surface area (Å²) in [7, 11) is 0. The van der Waals surface area contributed by atoms with Crippen molar-refractivity contribution < 1.29 is 19.4 Å². The van der Waals surface area contributed by atoms with Crippen LogP contribution < -0.4 is 16.2 Å². The number of carbonyl (C=O) groups excluding carboxylic acids is 2. The van der Waals surface area contributed by atoms with Gasteiger partial charge in [-0.1, -0.05) is 6.07 Å². The van der Waals surface area contributed by atoms with Crippen molar-refractivity contribution in [3.63, 3.8) is 0 Å². The Morgan fingerprint density at radius 1 is 0.893 bits per heavy atom. The van der Waals surface area contributed by atoms with Crippen LogP contribution in [0.3, 0.4) is 0 Å². The van der Waals surface area contributed by atoms with Gasteiger partial charge < -0.3 is 5.32 Å². The van der Waals surface area contributed by atoms with E-state index in [9.17, 15) is 29.8 Å². The van der Waals surface area contributed by atoms with Crippen molar-refractivity contribution in [2.45, 2.75) is 18.9 Å². The van der Waals surface area contributed by atoms with Gasteiger partial charge >= 0.3 is 0 Å². The second-order valence-electron chi connectivity index (χ2n) is 6.12. The molecule has 2 aromatic rings. The minimum atomic E-state index is -0.765. The van der Waals surface area contributed by atoms with E-state index in [4.69, 9.17) is 0 Å². The molecule has 0 atom stereocenters. The van der Waals surface area contributed by atoms with Crippen LogP contribution in [0.15, 0.2) is 42.5 Å². The highest BCUT2D eigenvalue weighted by molar-refractivity contribution is 6.00. The second-order valence-corrected chi connectivity index (χ2v) is 6.12. The van der Waals surface area contributed by atoms with E-state index in [1.54, 1.807) is 0 Å². The number of hydrogen-bond donors (Lipinski definition) is 3. The summed E-state index contributed by atoms with van der Waals surface area (Å²) in [5.41, 5.74) is 4.02. The van der Waals surface area contributed by atoms with Gasteiger partial charge in [0.05, 0.1) is 9.85 Å². The summed E-state index contributed by atoms with van der Waals surface area (Å²) in [5.74, 6) is -1.53. The van der Waals surface area contributed by atoms with Crippen LogP contribution in [0.4, 0.5) is 17.1 Å². The van der Waals surface area contributed by atoms with E-state index in [-0.39, 0.29) is 28.5 Å². The molecular formula is C17H15N5O6. The number of benzene rings is 2. The summed E-state index contributed by atoms with van der Waals surface area (Å²) >= 11 is 0. The third-order valence-electron chi connectivity index (χ3n) is 4.00. The maximum atomic E-state index is 12.2. The zero-order chi connectivity index (χ0) is 20.3. The maximum absolute atomic E-state index is 12.2. The van der Waals surface area contributed by atoms with Gasteiger partial charge in [-0.3, -0.25) is 40.7 Å². The zero-order valence-corrected chi connectivity index (χ0v) is 14.4. The van der Waals surface area contributed by atoms with E-state index < -0.39 is 21.7 Å². The van der Waals surface area contributed by atoms with Gasteiger partial charge in [0.1, 0.15) is 5.69 Å². The fourth-order valence-corrected chi connectivity index (χ4v) is 2.41. The lowest BCUT2D eigenvalue weighted by molar-refractivity contribution is -0.384. The number of non-ortho nitro benzene ring substituents is 1. The first-order valence-corrected chi connectivity index (χ1v) is 8.25. The van der Waals surface area contributed by atoms with Crippen LogP contribution in [-0.4, -0.2) is 27.7 Å². The standard InChI is InChI=1S/C17H15N5O6/c23-16(10-2-1-3-13(8-10)21(25)26)19-20-17(24)11-4-7-14(18-12-5-6-12)15(9-11)22(27)28/h1-4,7-9,12,18H,5-6H2,(H,19,23)(H,20,24). The SMILES string of the molecule is O=C(NNC(=O)c1ccc(NC2CC2)c([N+](=O)[O-])c1)c1cccc([N+](=O)[O-])c1. The van der Waals surface area contributed by atoms with Crippen molar-refractivity contribution >= 4 is 28.9 Å². The molecule has 0 spiro atoms. The first-order valence-electron chi connectivity index (χ1n) is 8.25. The number of anilines is 1. The molecule has 0 aliphatic heterocycles. The molecule has 11 nitrogen and oxygen atoms in total. The van der Waals surface area contributed by atoms with Crippen LogP contribution in [0.1, 0.15) is 33.6 Å². The minimum absolute atomic E-state index is 0.0209. The van der Waals surface area contributed by atoms with Crippen molar-refractivity contribution in [3.05, 3.63) is 73.8 Å². The Labute approximate surface area is 158 Å². The Morgan fingerprint density at radius 2 is 1.54 bits per heavy atom. The lowest BCUT2D eigenvalue weighted by atomic mass is 10.1. The number of amides is 2. The van der Waals surface area contributed by atoms with Gasteiger partial charge in [0.25, 0.3) is 23.2 Å². The lowest BCUT2D eigenvalue weighted by Gasteiger charge is -2.09. The molecule has 0 unspecified atom stereocenters. The molecule has 2 amide bonds. The van der Waals surface area contributed by atoms with E-state index in [1.807, 2.05) is 0 Å². The number of nitrogens with zero attached hydrogens (tertiary/aromatic N) is 2. The predicted molar refractivity (Wildman–Crippen MR) is 97.8 cm³/mol. The first-order chi connectivity index (χ1) is 13.3. The molecule has 11 heteroatoms. The molecule has 28 heavy (non-hydrogen) atoms. The summed E-state index contributed by atoms with van der Waals surface area (Å²) in [6.45, 7) is 0. The highest BCUT2D eigenvalue weighted by atomic mass is 16.6. The molecule has 0 bridgehead atoms. The summed E-state index contributed by atoms with van der Waals surface area (Å²) in [5, 5.41) is 25.0. The van der Waals surface area contributed by atoms with Gasteiger partial charge in [-0.25, -0.2) is 0 Å². The fraction of sp³-hybridized carbons (Fsp3) is 0.176. The third kappa shape index (κ3) is 4.38. The van der Waals surface area contributed by atoms with E-state index in [1.165, 1.54) is 30.3 Å². The van der Waals surface area contributed by atoms with Crippen molar-refractivity contribution in [1.82, 2.24) is 10.9 Å². The van der Waals surface area contributed by atoms with Gasteiger partial charge in [-0.15, -0.1) is 0 Å². The van der Waals surface area contributed by atoms with Crippen molar-refractivity contribution in [3.8, 4) is 0 Å². The average Bonchev–Trinajstić information content (AvgIpc) is 3.50. The summed E-state index contributed by atoms with van der Waals surface area (Å²) in [6, 6.07) is 9.12. The molecule has 1 fully saturated rings. The monoisotopic (exact) mass is 385 g/mol. The Bertz CT molecular complexity index is 972. The van der Waals surface area contributed by atoms with Gasteiger partial charge in [-0.05, 0) is 31.0 Å². The van der Waals surface area contributed by atoms with Gasteiger partial charge in [-0.2, -0.15) is 0 Å². The topological polar surface area (TPSA) is 157 Å². The summed E-state index contributed by atoms with van der Waals surface area (Å²) in [6.07, 6.45) is 1.87. The quantitative estimate of drug-likeness (QED) is 0.508. The smallest absolute Gasteiger partial charge is 0.293 e. The fourth-order valence-electron chi connectivity index (χ4n) is 2.41. The van der Waals surface area contributed by atoms with Crippen LogP contribution in [0.2, 0.25) is 0 Å². The highest BCUT2D eigenvalue weighted by Gasteiger charge is 2.25. The maximum Gasteiger partial charge on any atom is 0.293 e. The molecule has 0 radical (unpaired) electrons. The largest absolute Gasteiger partial charge is 0.377 e. The first kappa shape index (κ1) is 18.8. The van der Waals surface area contributed by atoms with Gasteiger partial charge in [0.2, 0.25) is 0 Å². The number of hydrogen-bond acceptors (Lipinski definition) is 7. The lowest BCUT2D eigenvalue weighted by Crippen LogP contribution is -2.41. The van der Waals surface area contributed by atoms with Gasteiger partial charge in [0.15, 0.2) is 0 Å². The predicted octanol–water partition coefficient (Wildman–Crippen LogP) is 2.15. The van der Waals surface area contributed by atoms with E-state index in [2.05, 4.69) is 16.2 Å². The normalized spacial score (nSPS) is 12.7. The summed E-state index contributed by atoms with van der Waals surface area (Å²) < 4.78 is 0. The molecule has 1 aliphatic rings. The van der Waals surface area contributed by atoms with E-state index in [0.29, 0.717) is 5.69 Å². The molecule has 0 saturated heterocycles. The molecule has 0 heterocycles. The molecular weight excluding hydrogens is 370 g/mol. The Kier molecular flexibility index (Phi) is 5.16. The number of carbonyl (C=O) groups is 2. The van der Waals surface area contributed by atoms with Crippen LogP contribution in [0, 0.1) is 20.2 Å². The van der Waals surface area contributed by atoms with Crippen LogP contribution in [-0.2, 0) is 0 Å². The molecule has 2 aromatic carbocycles. The average molecular weight is 385 g/mol. The Hall–Kier alpha value is -4.02. The van der Waals surface area contributed by atoms with E-state index >= 15 is 0 Å². The molecule has 1 saturated carbocycles. The molecule has 0 aromatic heterocycles.